The molecule has 0 unspecified atom stereocenters. The predicted molar refractivity (Wildman–Crippen MR) is 52.0 cm³/mol. The first-order valence-corrected chi connectivity index (χ1v) is 3.79. The molecule has 0 atom stereocenters. The Balaban J connectivity index is 0.00000121. The Bertz CT molecular complexity index is 208. The van der Waals surface area contributed by atoms with Crippen molar-refractivity contribution in [1.82, 2.24) is 5.32 Å². The molecule has 0 aliphatic carbocycles. The van der Waals surface area contributed by atoms with Crippen LogP contribution in [0.5, 0.6) is 0 Å². The van der Waals surface area contributed by atoms with Crippen LogP contribution in [-0.2, 0) is 6.54 Å². The van der Waals surface area contributed by atoms with Gasteiger partial charge in [0, 0.05) is 13.1 Å². The average molecular weight is 165 g/mol. The molecule has 2 heteroatoms. The van der Waals surface area contributed by atoms with Gasteiger partial charge in [-0.3, -0.25) is 0 Å². The van der Waals surface area contributed by atoms with E-state index in [1.165, 1.54) is 5.56 Å². The molecule has 0 spiro atoms. The van der Waals surface area contributed by atoms with Crippen molar-refractivity contribution in [3.63, 3.8) is 0 Å². The van der Waals surface area contributed by atoms with Crippen molar-refractivity contribution in [2.45, 2.75) is 6.54 Å². The second-order valence-corrected chi connectivity index (χ2v) is 2.41. The maximum Gasteiger partial charge on any atom is 0.0208 e. The summed E-state index contributed by atoms with van der Waals surface area (Å²) in [5.41, 5.74) is 1.31. The van der Waals surface area contributed by atoms with Gasteiger partial charge in [0.1, 0.15) is 0 Å². The SMILES string of the molecule is C=CCNCc1ccccc1.O. The van der Waals surface area contributed by atoms with Gasteiger partial charge in [0.25, 0.3) is 0 Å². The number of rotatable bonds is 4. The lowest BCUT2D eigenvalue weighted by Crippen LogP contribution is -2.12. The minimum absolute atomic E-state index is 0. The van der Waals surface area contributed by atoms with Crippen molar-refractivity contribution in [3.05, 3.63) is 48.6 Å². The van der Waals surface area contributed by atoms with E-state index in [1.54, 1.807) is 0 Å². The topological polar surface area (TPSA) is 43.5 Å². The van der Waals surface area contributed by atoms with E-state index in [1.807, 2.05) is 24.3 Å². The Morgan fingerprint density at radius 2 is 1.92 bits per heavy atom. The molecule has 0 heterocycles. The largest absolute Gasteiger partial charge is 0.412 e. The molecule has 1 aromatic carbocycles. The third-order valence-electron chi connectivity index (χ3n) is 1.46. The lowest BCUT2D eigenvalue weighted by molar-refractivity contribution is 0.760. The van der Waals surface area contributed by atoms with E-state index in [-0.39, 0.29) is 5.48 Å². The molecule has 0 bridgehead atoms. The lowest BCUT2D eigenvalue weighted by Gasteiger charge is -1.99. The van der Waals surface area contributed by atoms with Crippen LogP contribution < -0.4 is 5.32 Å². The zero-order chi connectivity index (χ0) is 7.94. The monoisotopic (exact) mass is 165 g/mol. The quantitative estimate of drug-likeness (QED) is 0.527. The summed E-state index contributed by atoms with van der Waals surface area (Å²) in [5.74, 6) is 0. The van der Waals surface area contributed by atoms with E-state index in [9.17, 15) is 0 Å². The molecule has 0 aliphatic rings. The van der Waals surface area contributed by atoms with Crippen LogP contribution in [-0.4, -0.2) is 12.0 Å². The summed E-state index contributed by atoms with van der Waals surface area (Å²) in [7, 11) is 0. The van der Waals surface area contributed by atoms with Gasteiger partial charge in [-0.05, 0) is 5.56 Å². The second kappa shape index (κ2) is 6.58. The van der Waals surface area contributed by atoms with E-state index in [2.05, 4.69) is 24.0 Å². The molecule has 0 aromatic heterocycles. The van der Waals surface area contributed by atoms with Crippen molar-refractivity contribution in [1.29, 1.82) is 0 Å². The van der Waals surface area contributed by atoms with Crippen molar-refractivity contribution in [3.8, 4) is 0 Å². The Morgan fingerprint density at radius 3 is 2.50 bits per heavy atom. The molecule has 0 saturated carbocycles. The normalized spacial score (nSPS) is 8.67. The summed E-state index contributed by atoms with van der Waals surface area (Å²) < 4.78 is 0. The van der Waals surface area contributed by atoms with Gasteiger partial charge >= 0.3 is 0 Å². The maximum atomic E-state index is 3.63. The molecule has 1 rings (SSSR count). The molecule has 0 radical (unpaired) electrons. The predicted octanol–water partition coefficient (Wildman–Crippen LogP) is 1.14. The Hall–Kier alpha value is -1.12. The highest BCUT2D eigenvalue weighted by Crippen LogP contribution is 1.96. The summed E-state index contributed by atoms with van der Waals surface area (Å²) >= 11 is 0. The lowest BCUT2D eigenvalue weighted by atomic mass is 10.2. The standard InChI is InChI=1S/C10H13N.H2O/c1-2-8-11-9-10-6-4-3-5-7-10;/h2-7,11H,1,8-9H2;1H2. The number of hydrogen-bond donors (Lipinski definition) is 1. The molecule has 0 aliphatic heterocycles. The molecular formula is C10H15NO. The van der Waals surface area contributed by atoms with E-state index in [0.717, 1.165) is 13.1 Å². The van der Waals surface area contributed by atoms with Gasteiger partial charge in [0.05, 0.1) is 0 Å². The van der Waals surface area contributed by atoms with Crippen molar-refractivity contribution in [2.75, 3.05) is 6.54 Å². The summed E-state index contributed by atoms with van der Waals surface area (Å²) in [6.07, 6.45) is 1.86. The fourth-order valence-corrected chi connectivity index (χ4v) is 0.914. The van der Waals surface area contributed by atoms with Crippen LogP contribution in [0.4, 0.5) is 0 Å². The number of benzene rings is 1. The number of hydrogen-bond acceptors (Lipinski definition) is 1. The number of nitrogens with one attached hydrogen (secondary N) is 1. The Kier molecular flexibility index (Phi) is 5.97. The molecule has 0 fully saturated rings. The second-order valence-electron chi connectivity index (χ2n) is 2.41. The summed E-state index contributed by atoms with van der Waals surface area (Å²) in [6, 6.07) is 10.3. The Labute approximate surface area is 73.2 Å². The molecule has 0 amide bonds. The average Bonchev–Trinajstić information content (AvgIpc) is 2.07. The minimum atomic E-state index is 0. The Morgan fingerprint density at radius 1 is 1.25 bits per heavy atom. The van der Waals surface area contributed by atoms with Gasteiger partial charge in [-0.2, -0.15) is 0 Å². The van der Waals surface area contributed by atoms with E-state index < -0.39 is 0 Å². The fraction of sp³-hybridized carbons (Fsp3) is 0.200. The van der Waals surface area contributed by atoms with Gasteiger partial charge in [-0.1, -0.05) is 36.4 Å². The molecule has 12 heavy (non-hydrogen) atoms. The van der Waals surface area contributed by atoms with E-state index >= 15 is 0 Å². The third kappa shape index (κ3) is 3.91. The zero-order valence-corrected chi connectivity index (χ0v) is 7.09. The minimum Gasteiger partial charge on any atom is -0.412 e. The smallest absolute Gasteiger partial charge is 0.0208 e. The summed E-state index contributed by atoms with van der Waals surface area (Å²) in [6.45, 7) is 5.42. The zero-order valence-electron chi connectivity index (χ0n) is 7.09. The van der Waals surface area contributed by atoms with Crippen LogP contribution in [0.2, 0.25) is 0 Å². The molecular weight excluding hydrogens is 150 g/mol. The van der Waals surface area contributed by atoms with Gasteiger partial charge in [-0.15, -0.1) is 6.58 Å². The summed E-state index contributed by atoms with van der Waals surface area (Å²) in [5, 5.41) is 3.23. The first-order chi connectivity index (χ1) is 5.43. The van der Waals surface area contributed by atoms with Crippen LogP contribution in [0.25, 0.3) is 0 Å². The first kappa shape index (κ1) is 10.9. The van der Waals surface area contributed by atoms with Crippen molar-refractivity contribution in [2.24, 2.45) is 0 Å². The fourth-order valence-electron chi connectivity index (χ4n) is 0.914. The van der Waals surface area contributed by atoms with Crippen LogP contribution in [0.3, 0.4) is 0 Å². The third-order valence-corrected chi connectivity index (χ3v) is 1.46. The van der Waals surface area contributed by atoms with Crippen molar-refractivity contribution >= 4 is 0 Å². The molecule has 0 saturated heterocycles. The molecule has 1 aromatic rings. The van der Waals surface area contributed by atoms with Gasteiger partial charge in [-0.25, -0.2) is 0 Å². The van der Waals surface area contributed by atoms with Crippen LogP contribution >= 0.6 is 0 Å². The van der Waals surface area contributed by atoms with E-state index in [4.69, 9.17) is 0 Å². The molecule has 3 N–H and O–H groups in total. The highest BCUT2D eigenvalue weighted by atomic mass is 16.0. The van der Waals surface area contributed by atoms with Gasteiger partial charge < -0.3 is 10.8 Å². The van der Waals surface area contributed by atoms with Crippen LogP contribution in [0.1, 0.15) is 5.56 Å². The van der Waals surface area contributed by atoms with E-state index in [0.29, 0.717) is 0 Å². The maximum absolute atomic E-state index is 3.63. The van der Waals surface area contributed by atoms with Crippen molar-refractivity contribution < 1.29 is 5.48 Å². The highest BCUT2D eigenvalue weighted by Gasteiger charge is 1.86. The van der Waals surface area contributed by atoms with Crippen LogP contribution in [0, 0.1) is 0 Å². The molecule has 2 nitrogen and oxygen atoms in total. The summed E-state index contributed by atoms with van der Waals surface area (Å²) in [4.78, 5) is 0. The van der Waals surface area contributed by atoms with Gasteiger partial charge in [0.15, 0.2) is 0 Å². The van der Waals surface area contributed by atoms with Gasteiger partial charge in [0.2, 0.25) is 0 Å². The first-order valence-electron chi connectivity index (χ1n) is 3.79. The van der Waals surface area contributed by atoms with Crippen LogP contribution in [0.15, 0.2) is 43.0 Å². The molecule has 66 valence electrons. The highest BCUT2D eigenvalue weighted by molar-refractivity contribution is 5.14.